The van der Waals surface area contributed by atoms with Crippen molar-refractivity contribution in [1.82, 2.24) is 0 Å². The van der Waals surface area contributed by atoms with Crippen LogP contribution in [0, 0.1) is 6.92 Å². The summed E-state index contributed by atoms with van der Waals surface area (Å²) in [5.41, 5.74) is 6.64. The van der Waals surface area contributed by atoms with Crippen molar-refractivity contribution in [3.05, 3.63) is 42.4 Å². The van der Waals surface area contributed by atoms with Crippen LogP contribution in [0.15, 0.2) is 50.8 Å². The lowest BCUT2D eigenvalue weighted by atomic mass is 10.3. The Hall–Kier alpha value is -1.35. The maximum absolute atomic E-state index is 5.84. The van der Waals surface area contributed by atoms with Gasteiger partial charge >= 0.3 is 0 Å². The SMILES string of the molecule is Cc1occc1Sc1ccccc1N. The smallest absolute Gasteiger partial charge is 0.114 e. The summed E-state index contributed by atoms with van der Waals surface area (Å²) in [5, 5.41) is 0. The van der Waals surface area contributed by atoms with E-state index >= 15 is 0 Å². The number of nitrogens with two attached hydrogens (primary N) is 1. The first kappa shape index (κ1) is 9.21. The number of para-hydroxylation sites is 1. The van der Waals surface area contributed by atoms with Gasteiger partial charge in [0.15, 0.2) is 0 Å². The van der Waals surface area contributed by atoms with Crippen molar-refractivity contribution in [2.75, 3.05) is 5.73 Å². The number of hydrogen-bond acceptors (Lipinski definition) is 3. The normalized spacial score (nSPS) is 10.4. The van der Waals surface area contributed by atoms with Gasteiger partial charge in [-0.3, -0.25) is 0 Å². The van der Waals surface area contributed by atoms with E-state index in [1.54, 1.807) is 18.0 Å². The zero-order chi connectivity index (χ0) is 9.97. The van der Waals surface area contributed by atoms with E-state index in [0.717, 1.165) is 21.2 Å². The predicted octanol–water partition coefficient (Wildman–Crippen LogP) is 3.32. The average molecular weight is 205 g/mol. The monoisotopic (exact) mass is 205 g/mol. The van der Waals surface area contributed by atoms with Crippen LogP contribution in [0.3, 0.4) is 0 Å². The molecule has 0 fully saturated rings. The van der Waals surface area contributed by atoms with Gasteiger partial charge in [0, 0.05) is 10.6 Å². The molecule has 2 nitrogen and oxygen atoms in total. The van der Waals surface area contributed by atoms with Crippen molar-refractivity contribution >= 4 is 17.4 Å². The number of nitrogen functional groups attached to an aromatic ring is 1. The van der Waals surface area contributed by atoms with Crippen LogP contribution in [0.4, 0.5) is 5.69 Å². The van der Waals surface area contributed by atoms with Gasteiger partial charge in [0.1, 0.15) is 5.76 Å². The fourth-order valence-electron chi connectivity index (χ4n) is 1.17. The van der Waals surface area contributed by atoms with E-state index in [-0.39, 0.29) is 0 Å². The number of aryl methyl sites for hydroxylation is 1. The Morgan fingerprint density at radius 1 is 1.14 bits per heavy atom. The standard InChI is InChI=1S/C11H11NOS/c1-8-10(6-7-13-8)14-11-5-3-2-4-9(11)12/h2-7H,12H2,1H3. The molecule has 0 aliphatic carbocycles. The molecule has 0 atom stereocenters. The maximum atomic E-state index is 5.84. The number of furan rings is 1. The van der Waals surface area contributed by atoms with E-state index in [2.05, 4.69) is 0 Å². The van der Waals surface area contributed by atoms with Crippen molar-refractivity contribution in [3.63, 3.8) is 0 Å². The molecule has 2 rings (SSSR count). The molecule has 0 amide bonds. The van der Waals surface area contributed by atoms with E-state index in [9.17, 15) is 0 Å². The van der Waals surface area contributed by atoms with Crippen molar-refractivity contribution < 1.29 is 4.42 Å². The molecule has 0 saturated carbocycles. The summed E-state index contributed by atoms with van der Waals surface area (Å²) < 4.78 is 5.21. The van der Waals surface area contributed by atoms with Crippen LogP contribution >= 0.6 is 11.8 Å². The lowest BCUT2D eigenvalue weighted by Crippen LogP contribution is -1.86. The summed E-state index contributed by atoms with van der Waals surface area (Å²) in [6.45, 7) is 1.95. The van der Waals surface area contributed by atoms with Gasteiger partial charge in [0.05, 0.1) is 11.2 Å². The zero-order valence-electron chi connectivity index (χ0n) is 7.86. The molecule has 1 heterocycles. The highest BCUT2D eigenvalue weighted by Crippen LogP contribution is 2.33. The molecule has 1 aromatic heterocycles. The van der Waals surface area contributed by atoms with Crippen molar-refractivity contribution in [3.8, 4) is 0 Å². The maximum Gasteiger partial charge on any atom is 0.114 e. The van der Waals surface area contributed by atoms with Gasteiger partial charge in [-0.1, -0.05) is 23.9 Å². The third kappa shape index (κ3) is 1.77. The summed E-state index contributed by atoms with van der Waals surface area (Å²) in [4.78, 5) is 2.18. The fraction of sp³-hybridized carbons (Fsp3) is 0.0909. The second-order valence-corrected chi connectivity index (χ2v) is 4.06. The van der Waals surface area contributed by atoms with Crippen molar-refractivity contribution in [2.24, 2.45) is 0 Å². The fourth-order valence-corrected chi connectivity index (χ4v) is 2.06. The second-order valence-electron chi connectivity index (χ2n) is 2.98. The van der Waals surface area contributed by atoms with Crippen LogP contribution < -0.4 is 5.73 Å². The molecule has 0 aliphatic rings. The van der Waals surface area contributed by atoms with Crippen LogP contribution in [-0.2, 0) is 0 Å². The minimum atomic E-state index is 0.804. The van der Waals surface area contributed by atoms with Crippen LogP contribution in [-0.4, -0.2) is 0 Å². The average Bonchev–Trinajstić information content (AvgIpc) is 2.56. The van der Waals surface area contributed by atoms with E-state index in [4.69, 9.17) is 10.2 Å². The lowest BCUT2D eigenvalue weighted by molar-refractivity contribution is 0.527. The van der Waals surface area contributed by atoms with Gasteiger partial charge in [-0.15, -0.1) is 0 Å². The molecule has 14 heavy (non-hydrogen) atoms. The molecule has 0 unspecified atom stereocenters. The highest BCUT2D eigenvalue weighted by Gasteiger charge is 2.05. The second kappa shape index (κ2) is 3.80. The highest BCUT2D eigenvalue weighted by atomic mass is 32.2. The van der Waals surface area contributed by atoms with Crippen molar-refractivity contribution in [1.29, 1.82) is 0 Å². The topological polar surface area (TPSA) is 39.2 Å². The number of rotatable bonds is 2. The van der Waals surface area contributed by atoms with Crippen molar-refractivity contribution in [2.45, 2.75) is 16.7 Å². The first-order valence-electron chi connectivity index (χ1n) is 4.34. The van der Waals surface area contributed by atoms with Gasteiger partial charge in [0.2, 0.25) is 0 Å². The molecule has 0 bridgehead atoms. The van der Waals surface area contributed by atoms with E-state index in [1.165, 1.54) is 0 Å². The van der Waals surface area contributed by atoms with Crippen LogP contribution in [0.2, 0.25) is 0 Å². The first-order chi connectivity index (χ1) is 6.77. The Kier molecular flexibility index (Phi) is 2.50. The Labute approximate surface area is 87.1 Å². The Morgan fingerprint density at radius 2 is 1.93 bits per heavy atom. The summed E-state index contributed by atoms with van der Waals surface area (Å²) in [6, 6.07) is 9.77. The summed E-state index contributed by atoms with van der Waals surface area (Å²) in [6.07, 6.45) is 1.69. The van der Waals surface area contributed by atoms with Gasteiger partial charge < -0.3 is 10.2 Å². The molecule has 72 valence electrons. The lowest BCUT2D eigenvalue weighted by Gasteiger charge is -2.02. The molecule has 0 aliphatic heterocycles. The summed E-state index contributed by atoms with van der Waals surface area (Å²) in [7, 11) is 0. The van der Waals surface area contributed by atoms with E-state index in [0.29, 0.717) is 0 Å². The first-order valence-corrected chi connectivity index (χ1v) is 5.15. The van der Waals surface area contributed by atoms with E-state index in [1.807, 2.05) is 37.3 Å². The molecular formula is C11H11NOS. The Balaban J connectivity index is 2.28. The summed E-state index contributed by atoms with van der Waals surface area (Å²) >= 11 is 1.63. The van der Waals surface area contributed by atoms with E-state index < -0.39 is 0 Å². The van der Waals surface area contributed by atoms with Crippen LogP contribution in [0.25, 0.3) is 0 Å². The number of benzene rings is 1. The molecule has 2 aromatic rings. The Morgan fingerprint density at radius 3 is 2.57 bits per heavy atom. The van der Waals surface area contributed by atoms with Gasteiger partial charge in [-0.05, 0) is 25.1 Å². The van der Waals surface area contributed by atoms with Crippen LogP contribution in [0.1, 0.15) is 5.76 Å². The largest absolute Gasteiger partial charge is 0.468 e. The third-order valence-electron chi connectivity index (χ3n) is 1.95. The molecule has 2 N–H and O–H groups in total. The number of hydrogen-bond donors (Lipinski definition) is 1. The van der Waals surface area contributed by atoms with Gasteiger partial charge in [-0.2, -0.15) is 0 Å². The molecule has 0 spiro atoms. The third-order valence-corrected chi connectivity index (χ3v) is 3.19. The summed E-state index contributed by atoms with van der Waals surface area (Å²) in [5.74, 6) is 0.929. The molecule has 1 aromatic carbocycles. The highest BCUT2D eigenvalue weighted by molar-refractivity contribution is 7.99. The molecule has 3 heteroatoms. The zero-order valence-corrected chi connectivity index (χ0v) is 8.67. The molecular weight excluding hydrogens is 194 g/mol. The minimum absolute atomic E-state index is 0.804. The predicted molar refractivity (Wildman–Crippen MR) is 58.4 cm³/mol. The Bertz CT molecular complexity index is 436. The number of anilines is 1. The van der Waals surface area contributed by atoms with Gasteiger partial charge in [0.25, 0.3) is 0 Å². The van der Waals surface area contributed by atoms with Gasteiger partial charge in [-0.25, -0.2) is 0 Å². The minimum Gasteiger partial charge on any atom is -0.468 e. The van der Waals surface area contributed by atoms with Crippen LogP contribution in [0.5, 0.6) is 0 Å². The quantitative estimate of drug-likeness (QED) is 0.764. The molecule has 0 radical (unpaired) electrons. The molecule has 0 saturated heterocycles.